The fourth-order valence-corrected chi connectivity index (χ4v) is 2.65. The number of hydrogen-bond acceptors (Lipinski definition) is 6. The van der Waals surface area contributed by atoms with Crippen molar-refractivity contribution in [1.29, 1.82) is 0 Å². The van der Waals surface area contributed by atoms with E-state index in [1.165, 1.54) is 0 Å². The van der Waals surface area contributed by atoms with Crippen LogP contribution in [0.4, 0.5) is 0 Å². The molecule has 3 N–H and O–H groups in total. The maximum atomic E-state index is 11.9. The summed E-state index contributed by atoms with van der Waals surface area (Å²) in [5.74, 6) is -1.97. The van der Waals surface area contributed by atoms with Crippen LogP contribution in [0.25, 0.3) is 0 Å². The summed E-state index contributed by atoms with van der Waals surface area (Å²) in [6, 6.07) is 16.8. The highest BCUT2D eigenvalue weighted by Crippen LogP contribution is 2.29. The average molecular weight is 374 g/mol. The van der Waals surface area contributed by atoms with E-state index >= 15 is 0 Å². The molecule has 144 valence electrons. The van der Waals surface area contributed by atoms with E-state index in [9.17, 15) is 24.9 Å². The van der Waals surface area contributed by atoms with Gasteiger partial charge in [0, 0.05) is 0 Å². The summed E-state index contributed by atoms with van der Waals surface area (Å²) in [7, 11) is 0. The first-order valence-corrected chi connectivity index (χ1v) is 8.40. The van der Waals surface area contributed by atoms with Crippen LogP contribution in [-0.2, 0) is 24.7 Å². The van der Waals surface area contributed by atoms with Crippen LogP contribution < -0.4 is 0 Å². The van der Waals surface area contributed by atoms with Crippen LogP contribution in [0.1, 0.15) is 23.7 Å². The Balaban J connectivity index is 1.95. The van der Waals surface area contributed by atoms with E-state index in [4.69, 9.17) is 9.47 Å². The van der Waals surface area contributed by atoms with Gasteiger partial charge in [0.15, 0.2) is 6.10 Å². The van der Waals surface area contributed by atoms with Gasteiger partial charge < -0.3 is 24.8 Å². The molecule has 2 unspecified atom stereocenters. The minimum absolute atomic E-state index is 0.143. The molecule has 0 radical (unpaired) electrons. The number of hydrogen-bond donors (Lipinski definition) is 3. The standard InChI is InChI=1S/C20H22O7/c21-14-20(13-17(22)23,16-9-5-2-6-10-16)27-12-11-26-19(25)18(24)15-7-3-1-4-8-15/h1-10,18,21,24H,11-14H2,(H,22,23). The Morgan fingerprint density at radius 2 is 1.56 bits per heavy atom. The number of rotatable bonds is 10. The van der Waals surface area contributed by atoms with E-state index in [1.807, 2.05) is 0 Å². The molecule has 2 aromatic rings. The number of benzene rings is 2. The molecule has 7 nitrogen and oxygen atoms in total. The second kappa shape index (κ2) is 9.82. The Labute approximate surface area is 156 Å². The number of aliphatic hydroxyl groups is 2. The van der Waals surface area contributed by atoms with Crippen molar-refractivity contribution in [2.75, 3.05) is 19.8 Å². The topological polar surface area (TPSA) is 113 Å². The molecule has 2 atom stereocenters. The van der Waals surface area contributed by atoms with Gasteiger partial charge in [-0.2, -0.15) is 0 Å². The van der Waals surface area contributed by atoms with E-state index < -0.39 is 36.7 Å². The molecule has 0 spiro atoms. The van der Waals surface area contributed by atoms with Crippen LogP contribution in [0.2, 0.25) is 0 Å². The quantitative estimate of drug-likeness (QED) is 0.428. The normalized spacial score (nSPS) is 14.1. The molecule has 0 aliphatic carbocycles. The lowest BCUT2D eigenvalue weighted by molar-refractivity contribution is -0.164. The van der Waals surface area contributed by atoms with Gasteiger partial charge in [-0.15, -0.1) is 0 Å². The summed E-state index contributed by atoms with van der Waals surface area (Å²) in [5, 5.41) is 28.9. The fraction of sp³-hybridized carbons (Fsp3) is 0.300. The van der Waals surface area contributed by atoms with Gasteiger partial charge in [-0.05, 0) is 11.1 Å². The van der Waals surface area contributed by atoms with Gasteiger partial charge in [0.1, 0.15) is 12.2 Å². The van der Waals surface area contributed by atoms with Crippen molar-refractivity contribution >= 4 is 11.9 Å². The number of carboxylic acids is 1. The molecule has 0 fully saturated rings. The number of carbonyl (C=O) groups is 2. The lowest BCUT2D eigenvalue weighted by Crippen LogP contribution is -2.37. The molecular weight excluding hydrogens is 352 g/mol. The maximum Gasteiger partial charge on any atom is 0.339 e. The molecule has 0 saturated heterocycles. The summed E-state index contributed by atoms with van der Waals surface area (Å²) in [6.45, 7) is -0.892. The summed E-state index contributed by atoms with van der Waals surface area (Å²) in [5.41, 5.74) is -0.536. The Morgan fingerprint density at radius 1 is 0.963 bits per heavy atom. The summed E-state index contributed by atoms with van der Waals surface area (Å²) in [4.78, 5) is 23.1. The SMILES string of the molecule is O=C(O)CC(CO)(OCCOC(=O)C(O)c1ccccc1)c1ccccc1. The first kappa shape index (κ1) is 20.6. The zero-order chi connectivity index (χ0) is 19.7. The first-order chi connectivity index (χ1) is 13.0. The van der Waals surface area contributed by atoms with Gasteiger partial charge in [-0.25, -0.2) is 4.79 Å². The highest BCUT2D eigenvalue weighted by molar-refractivity contribution is 5.76. The largest absolute Gasteiger partial charge is 0.481 e. The van der Waals surface area contributed by atoms with Crippen LogP contribution >= 0.6 is 0 Å². The molecule has 0 amide bonds. The van der Waals surface area contributed by atoms with Crippen molar-refractivity contribution in [3.63, 3.8) is 0 Å². The van der Waals surface area contributed by atoms with Crippen molar-refractivity contribution in [2.24, 2.45) is 0 Å². The predicted octanol–water partition coefficient (Wildman–Crippen LogP) is 1.64. The summed E-state index contributed by atoms with van der Waals surface area (Å²) >= 11 is 0. The van der Waals surface area contributed by atoms with Gasteiger partial charge in [-0.1, -0.05) is 60.7 Å². The first-order valence-electron chi connectivity index (χ1n) is 8.40. The van der Waals surface area contributed by atoms with Gasteiger partial charge in [0.25, 0.3) is 0 Å². The van der Waals surface area contributed by atoms with Gasteiger partial charge >= 0.3 is 11.9 Å². The third-order valence-electron chi connectivity index (χ3n) is 4.04. The predicted molar refractivity (Wildman–Crippen MR) is 95.8 cm³/mol. The smallest absolute Gasteiger partial charge is 0.339 e. The molecule has 0 aliphatic rings. The minimum atomic E-state index is -1.45. The van der Waals surface area contributed by atoms with Crippen molar-refractivity contribution in [3.8, 4) is 0 Å². The maximum absolute atomic E-state index is 11.9. The number of esters is 1. The van der Waals surface area contributed by atoms with Crippen LogP contribution in [0.3, 0.4) is 0 Å². The number of aliphatic hydroxyl groups excluding tert-OH is 2. The molecule has 7 heteroatoms. The molecule has 2 rings (SSSR count). The number of carboxylic acid groups (broad SMARTS) is 1. The van der Waals surface area contributed by atoms with E-state index in [-0.39, 0.29) is 13.2 Å². The Bertz CT molecular complexity index is 733. The third-order valence-corrected chi connectivity index (χ3v) is 4.04. The van der Waals surface area contributed by atoms with Gasteiger partial charge in [0.05, 0.1) is 19.6 Å². The molecule has 0 aromatic heterocycles. The molecule has 27 heavy (non-hydrogen) atoms. The number of ether oxygens (including phenoxy) is 2. The van der Waals surface area contributed by atoms with Gasteiger partial charge in [-0.3, -0.25) is 4.79 Å². The summed E-state index contributed by atoms with van der Waals surface area (Å²) in [6.07, 6.45) is -1.87. The molecule has 0 saturated carbocycles. The molecular formula is C20H22O7. The van der Waals surface area contributed by atoms with Crippen molar-refractivity contribution in [3.05, 3.63) is 71.8 Å². The lowest BCUT2D eigenvalue weighted by atomic mass is 9.91. The molecule has 0 heterocycles. The highest BCUT2D eigenvalue weighted by atomic mass is 16.6. The lowest BCUT2D eigenvalue weighted by Gasteiger charge is -2.31. The zero-order valence-electron chi connectivity index (χ0n) is 14.7. The van der Waals surface area contributed by atoms with E-state index in [2.05, 4.69) is 0 Å². The zero-order valence-corrected chi connectivity index (χ0v) is 14.7. The fourth-order valence-electron chi connectivity index (χ4n) is 2.65. The molecule has 0 aliphatic heterocycles. The molecule has 2 aromatic carbocycles. The van der Waals surface area contributed by atoms with Gasteiger partial charge in [0.2, 0.25) is 0 Å². The van der Waals surface area contributed by atoms with E-state index in [1.54, 1.807) is 60.7 Å². The Hall–Kier alpha value is -2.74. The van der Waals surface area contributed by atoms with Crippen molar-refractivity contribution in [1.82, 2.24) is 0 Å². The van der Waals surface area contributed by atoms with Crippen LogP contribution in [0.15, 0.2) is 60.7 Å². The average Bonchev–Trinajstić information content (AvgIpc) is 2.70. The van der Waals surface area contributed by atoms with E-state index in [0.717, 1.165) is 0 Å². The third kappa shape index (κ3) is 5.62. The van der Waals surface area contributed by atoms with Crippen LogP contribution in [0, 0.1) is 0 Å². The highest BCUT2D eigenvalue weighted by Gasteiger charge is 2.35. The Morgan fingerprint density at radius 3 is 2.11 bits per heavy atom. The minimum Gasteiger partial charge on any atom is -0.481 e. The Kier molecular flexibility index (Phi) is 7.48. The van der Waals surface area contributed by atoms with E-state index in [0.29, 0.717) is 11.1 Å². The number of aliphatic carboxylic acids is 1. The number of carbonyl (C=O) groups excluding carboxylic acids is 1. The second-order valence-corrected chi connectivity index (χ2v) is 5.92. The second-order valence-electron chi connectivity index (χ2n) is 5.92. The van der Waals surface area contributed by atoms with Crippen LogP contribution in [-0.4, -0.2) is 47.1 Å². The molecule has 0 bridgehead atoms. The monoisotopic (exact) mass is 374 g/mol. The van der Waals surface area contributed by atoms with Crippen LogP contribution in [0.5, 0.6) is 0 Å². The van der Waals surface area contributed by atoms with Crippen molar-refractivity contribution in [2.45, 2.75) is 18.1 Å². The summed E-state index contributed by atoms with van der Waals surface area (Å²) < 4.78 is 10.6. The van der Waals surface area contributed by atoms with Crippen molar-refractivity contribution < 1.29 is 34.4 Å².